The summed E-state index contributed by atoms with van der Waals surface area (Å²) in [5, 5.41) is 11.8. The van der Waals surface area contributed by atoms with Gasteiger partial charge in [-0.3, -0.25) is 9.13 Å². The third-order valence-corrected chi connectivity index (χ3v) is 14.8. The summed E-state index contributed by atoms with van der Waals surface area (Å²) in [5.74, 6) is 0.370. The predicted molar refractivity (Wildman–Crippen MR) is 193 cm³/mol. The summed E-state index contributed by atoms with van der Waals surface area (Å²) in [6.07, 6.45) is 4.53. The predicted octanol–water partition coefficient (Wildman–Crippen LogP) is 6.33. The van der Waals surface area contributed by atoms with Gasteiger partial charge in [-0.1, -0.05) is 106 Å². The highest BCUT2D eigenvalue weighted by Crippen LogP contribution is 2.46. The van der Waals surface area contributed by atoms with Crippen molar-refractivity contribution >= 4 is 40.9 Å². The molecule has 0 fully saturated rings. The standard InChI is InChI=1S/C39H35N7O2Si/c1-39(2,3)49(27-12-6-4-7-13-27,28-14-8-5-9-15-28)48-35-21-20-33(29-16-10-11-17-30(29)35)46-36-32(43-38(46)47)24-41-37(44-36)45-25-42-31-19-18-26(23-40)22-34(31)45/h4-19,22,24-25,33,35H,20-21H2,1-3H3,(H,43,47)/t33-,35-/m1/s1. The summed E-state index contributed by atoms with van der Waals surface area (Å²) in [6, 6.07) is 37.0. The first-order valence-electron chi connectivity index (χ1n) is 16.5. The summed E-state index contributed by atoms with van der Waals surface area (Å²) in [5.41, 5.74) is 4.92. The van der Waals surface area contributed by atoms with Gasteiger partial charge < -0.3 is 9.41 Å². The zero-order valence-electron chi connectivity index (χ0n) is 27.5. The SMILES string of the molecule is CC(C)(C)[Si](O[C@@H]1CC[C@@H](n2c(=O)[nH]c3cnc(-n4cnc5ccc(C#N)cc54)nc32)c2ccccc21)(c1ccccc1)c1ccccc1. The van der Waals surface area contributed by atoms with Crippen molar-refractivity contribution < 1.29 is 4.43 Å². The van der Waals surface area contributed by atoms with Crippen LogP contribution in [0.15, 0.2) is 120 Å². The van der Waals surface area contributed by atoms with Gasteiger partial charge in [-0.15, -0.1) is 0 Å². The third-order valence-electron chi connectivity index (χ3n) is 9.79. The van der Waals surface area contributed by atoms with Crippen LogP contribution < -0.4 is 16.1 Å². The number of aromatic amines is 1. The van der Waals surface area contributed by atoms with E-state index in [1.54, 1.807) is 39.9 Å². The Hall–Kier alpha value is -5.63. The molecule has 49 heavy (non-hydrogen) atoms. The number of fused-ring (bicyclic) bond motifs is 3. The molecule has 0 unspecified atom stereocenters. The zero-order chi connectivity index (χ0) is 33.8. The number of imidazole rings is 2. The van der Waals surface area contributed by atoms with Crippen LogP contribution in [0.1, 0.15) is 62.4 Å². The molecule has 0 bridgehead atoms. The maximum absolute atomic E-state index is 13.7. The van der Waals surface area contributed by atoms with Crippen molar-refractivity contribution in [2.45, 2.75) is 50.8 Å². The van der Waals surface area contributed by atoms with Gasteiger partial charge in [0.1, 0.15) is 11.8 Å². The molecule has 0 saturated carbocycles. The first-order chi connectivity index (χ1) is 23.8. The average molecular weight is 662 g/mol. The molecule has 10 heteroatoms. The Morgan fingerprint density at radius 1 is 0.878 bits per heavy atom. The number of rotatable bonds is 6. The van der Waals surface area contributed by atoms with E-state index in [1.165, 1.54) is 10.4 Å². The van der Waals surface area contributed by atoms with Crippen LogP contribution in [0.25, 0.3) is 28.1 Å². The number of hydrogen-bond donors (Lipinski definition) is 1. The van der Waals surface area contributed by atoms with Crippen molar-refractivity contribution in [2.75, 3.05) is 0 Å². The van der Waals surface area contributed by atoms with Crippen molar-refractivity contribution in [2.24, 2.45) is 0 Å². The Morgan fingerprint density at radius 3 is 2.22 bits per heavy atom. The van der Waals surface area contributed by atoms with Gasteiger partial charge in [0.15, 0.2) is 5.65 Å². The highest BCUT2D eigenvalue weighted by molar-refractivity contribution is 6.99. The van der Waals surface area contributed by atoms with E-state index in [-0.39, 0.29) is 22.9 Å². The quantitative estimate of drug-likeness (QED) is 0.208. The molecule has 3 aromatic heterocycles. The van der Waals surface area contributed by atoms with Gasteiger partial charge in [-0.05, 0) is 57.6 Å². The molecular weight excluding hydrogens is 627 g/mol. The van der Waals surface area contributed by atoms with Crippen molar-refractivity contribution in [3.05, 3.63) is 143 Å². The molecule has 1 aliphatic carbocycles. The van der Waals surface area contributed by atoms with Gasteiger partial charge >= 0.3 is 5.69 Å². The lowest BCUT2D eigenvalue weighted by Crippen LogP contribution is -2.67. The molecule has 0 amide bonds. The minimum absolute atomic E-state index is 0.170. The molecule has 7 aromatic rings. The van der Waals surface area contributed by atoms with Gasteiger partial charge in [-0.25, -0.2) is 14.8 Å². The van der Waals surface area contributed by atoms with E-state index < -0.39 is 8.32 Å². The van der Waals surface area contributed by atoms with Crippen molar-refractivity contribution in [3.8, 4) is 12.0 Å². The number of nitriles is 1. The van der Waals surface area contributed by atoms with Crippen LogP contribution in [0.4, 0.5) is 0 Å². The number of H-pyrrole nitrogens is 1. The summed E-state index contributed by atoms with van der Waals surface area (Å²) >= 11 is 0. The molecule has 3 heterocycles. The topological polar surface area (TPSA) is 114 Å². The van der Waals surface area contributed by atoms with Gasteiger partial charge in [0.2, 0.25) is 5.95 Å². The lowest BCUT2D eigenvalue weighted by molar-refractivity contribution is 0.160. The second-order valence-electron chi connectivity index (χ2n) is 13.6. The fourth-order valence-corrected chi connectivity index (χ4v) is 12.3. The van der Waals surface area contributed by atoms with E-state index in [2.05, 4.69) is 121 Å². The molecule has 242 valence electrons. The molecule has 4 aromatic carbocycles. The average Bonchev–Trinajstić information content (AvgIpc) is 3.70. The van der Waals surface area contributed by atoms with E-state index in [9.17, 15) is 10.1 Å². The number of nitrogens with zero attached hydrogens (tertiary/aromatic N) is 6. The van der Waals surface area contributed by atoms with Crippen LogP contribution in [0.3, 0.4) is 0 Å². The van der Waals surface area contributed by atoms with Crippen LogP contribution in [0, 0.1) is 11.3 Å². The van der Waals surface area contributed by atoms with Gasteiger partial charge in [-0.2, -0.15) is 10.2 Å². The third kappa shape index (κ3) is 5.01. The van der Waals surface area contributed by atoms with Crippen LogP contribution in [-0.2, 0) is 4.43 Å². The number of hydrogen-bond acceptors (Lipinski definition) is 6. The van der Waals surface area contributed by atoms with E-state index in [4.69, 9.17) is 9.41 Å². The second kappa shape index (κ2) is 11.8. The van der Waals surface area contributed by atoms with E-state index in [0.29, 0.717) is 34.6 Å². The lowest BCUT2D eigenvalue weighted by Gasteiger charge is -2.46. The minimum Gasteiger partial charge on any atom is -0.400 e. The first-order valence-corrected chi connectivity index (χ1v) is 18.4. The molecule has 8 rings (SSSR count). The van der Waals surface area contributed by atoms with Crippen molar-refractivity contribution in [3.63, 3.8) is 0 Å². The molecule has 0 saturated heterocycles. The Labute approximate surface area is 284 Å². The first kappa shape index (κ1) is 30.7. The van der Waals surface area contributed by atoms with Crippen LogP contribution in [0.2, 0.25) is 5.04 Å². The second-order valence-corrected chi connectivity index (χ2v) is 17.9. The fraction of sp³-hybridized carbons (Fsp3) is 0.205. The summed E-state index contributed by atoms with van der Waals surface area (Å²) in [7, 11) is -2.84. The molecule has 0 spiro atoms. The monoisotopic (exact) mass is 661 g/mol. The van der Waals surface area contributed by atoms with Crippen LogP contribution in [-0.4, -0.2) is 37.4 Å². The largest absolute Gasteiger partial charge is 0.400 e. The van der Waals surface area contributed by atoms with Crippen molar-refractivity contribution in [1.29, 1.82) is 5.26 Å². The molecule has 2 atom stereocenters. The number of aromatic nitrogens is 6. The molecule has 9 nitrogen and oxygen atoms in total. The van der Waals surface area contributed by atoms with Crippen molar-refractivity contribution in [1.82, 2.24) is 29.1 Å². The highest BCUT2D eigenvalue weighted by atomic mass is 28.4. The fourth-order valence-electron chi connectivity index (χ4n) is 7.57. The van der Waals surface area contributed by atoms with E-state index in [0.717, 1.165) is 23.1 Å². The minimum atomic E-state index is -2.84. The van der Waals surface area contributed by atoms with Gasteiger partial charge in [0.25, 0.3) is 8.32 Å². The summed E-state index contributed by atoms with van der Waals surface area (Å²) in [4.78, 5) is 30.7. The lowest BCUT2D eigenvalue weighted by atomic mass is 9.85. The molecule has 0 aliphatic heterocycles. The van der Waals surface area contributed by atoms with E-state index in [1.807, 2.05) is 6.07 Å². The zero-order valence-corrected chi connectivity index (χ0v) is 28.5. The molecule has 1 N–H and O–H groups in total. The van der Waals surface area contributed by atoms with Crippen LogP contribution >= 0.6 is 0 Å². The maximum Gasteiger partial charge on any atom is 0.328 e. The Morgan fingerprint density at radius 2 is 1.55 bits per heavy atom. The summed E-state index contributed by atoms with van der Waals surface area (Å²) in [6.45, 7) is 6.89. The maximum atomic E-state index is 13.7. The molecular formula is C39H35N7O2Si. The Bertz CT molecular complexity index is 2380. The molecule has 0 radical (unpaired) electrons. The van der Waals surface area contributed by atoms with Gasteiger partial charge in [0.05, 0.1) is 41.0 Å². The normalized spacial score (nSPS) is 16.4. The van der Waals surface area contributed by atoms with E-state index >= 15 is 0 Å². The Balaban J connectivity index is 1.23. The smallest absolute Gasteiger partial charge is 0.328 e. The van der Waals surface area contributed by atoms with Crippen LogP contribution in [0.5, 0.6) is 0 Å². The Kier molecular flexibility index (Phi) is 7.39. The number of benzene rings is 4. The summed E-state index contributed by atoms with van der Waals surface area (Å²) < 4.78 is 11.2. The highest BCUT2D eigenvalue weighted by Gasteiger charge is 2.52. The molecule has 1 aliphatic rings. The van der Waals surface area contributed by atoms with Gasteiger partial charge in [0, 0.05) is 0 Å². The number of nitrogens with one attached hydrogen (secondary N) is 1.